The fourth-order valence-corrected chi connectivity index (χ4v) is 2.37. The molecule has 84 valence electrons. The maximum Gasteiger partial charge on any atom is 0.0664 e. The quantitative estimate of drug-likeness (QED) is 0.688. The molecule has 14 heavy (non-hydrogen) atoms. The van der Waals surface area contributed by atoms with E-state index in [0.717, 1.165) is 25.3 Å². The standard InChI is InChI=1S/C12H25NO/c1-3-5-12(14)9-13-11-7-6-10(4-2)8-11/h10-14H,3-9H2,1-2H3. The van der Waals surface area contributed by atoms with E-state index in [0.29, 0.717) is 6.04 Å². The minimum Gasteiger partial charge on any atom is -0.392 e. The van der Waals surface area contributed by atoms with E-state index in [9.17, 15) is 5.11 Å². The highest BCUT2D eigenvalue weighted by atomic mass is 16.3. The minimum absolute atomic E-state index is 0.138. The Kier molecular flexibility index (Phi) is 5.49. The second kappa shape index (κ2) is 6.41. The molecule has 3 unspecified atom stereocenters. The zero-order valence-electron chi connectivity index (χ0n) is 9.63. The third-order valence-corrected chi connectivity index (χ3v) is 3.38. The van der Waals surface area contributed by atoms with E-state index < -0.39 is 0 Å². The Balaban J connectivity index is 2.07. The van der Waals surface area contributed by atoms with Gasteiger partial charge in [-0.3, -0.25) is 0 Å². The van der Waals surface area contributed by atoms with Crippen LogP contribution in [0.2, 0.25) is 0 Å². The van der Waals surface area contributed by atoms with E-state index in [1.165, 1.54) is 25.7 Å². The summed E-state index contributed by atoms with van der Waals surface area (Å²) in [5.74, 6) is 0.927. The van der Waals surface area contributed by atoms with Gasteiger partial charge < -0.3 is 10.4 Å². The van der Waals surface area contributed by atoms with Crippen LogP contribution >= 0.6 is 0 Å². The van der Waals surface area contributed by atoms with Crippen LogP contribution < -0.4 is 5.32 Å². The molecule has 0 amide bonds. The summed E-state index contributed by atoms with van der Waals surface area (Å²) in [6.45, 7) is 5.18. The van der Waals surface area contributed by atoms with E-state index in [1.54, 1.807) is 0 Å². The summed E-state index contributed by atoms with van der Waals surface area (Å²) in [5.41, 5.74) is 0. The SMILES string of the molecule is CCCC(O)CNC1CCC(CC)C1. The Morgan fingerprint density at radius 1 is 1.36 bits per heavy atom. The minimum atomic E-state index is -0.138. The van der Waals surface area contributed by atoms with Gasteiger partial charge in [-0.1, -0.05) is 26.7 Å². The molecule has 0 aromatic carbocycles. The number of hydrogen-bond donors (Lipinski definition) is 2. The van der Waals surface area contributed by atoms with Crippen molar-refractivity contribution < 1.29 is 5.11 Å². The maximum absolute atomic E-state index is 9.57. The predicted molar refractivity (Wildman–Crippen MR) is 60.3 cm³/mol. The van der Waals surface area contributed by atoms with Crippen molar-refractivity contribution in [2.45, 2.75) is 64.5 Å². The lowest BCUT2D eigenvalue weighted by atomic mass is 10.1. The van der Waals surface area contributed by atoms with Crippen LogP contribution in [0.5, 0.6) is 0 Å². The third kappa shape index (κ3) is 3.97. The fraction of sp³-hybridized carbons (Fsp3) is 1.00. The Labute approximate surface area is 88.1 Å². The first-order valence-corrected chi connectivity index (χ1v) is 6.17. The Morgan fingerprint density at radius 3 is 2.71 bits per heavy atom. The zero-order chi connectivity index (χ0) is 10.4. The van der Waals surface area contributed by atoms with E-state index in [2.05, 4.69) is 19.2 Å². The van der Waals surface area contributed by atoms with Crippen LogP contribution in [0.4, 0.5) is 0 Å². The molecule has 2 nitrogen and oxygen atoms in total. The largest absolute Gasteiger partial charge is 0.392 e. The Hall–Kier alpha value is -0.0800. The average Bonchev–Trinajstić information content (AvgIpc) is 2.63. The van der Waals surface area contributed by atoms with Crippen molar-refractivity contribution in [3.05, 3.63) is 0 Å². The molecule has 0 bridgehead atoms. The van der Waals surface area contributed by atoms with Crippen LogP contribution in [0.3, 0.4) is 0 Å². The molecule has 0 radical (unpaired) electrons. The number of hydrogen-bond acceptors (Lipinski definition) is 2. The van der Waals surface area contributed by atoms with Gasteiger partial charge in [-0.15, -0.1) is 0 Å². The number of aliphatic hydroxyl groups is 1. The Bertz CT molecular complexity index is 149. The van der Waals surface area contributed by atoms with E-state index in [1.807, 2.05) is 0 Å². The maximum atomic E-state index is 9.57. The highest BCUT2D eigenvalue weighted by molar-refractivity contribution is 4.80. The first-order valence-electron chi connectivity index (χ1n) is 6.17. The van der Waals surface area contributed by atoms with Crippen LogP contribution in [0, 0.1) is 5.92 Å². The van der Waals surface area contributed by atoms with Crippen LogP contribution in [-0.2, 0) is 0 Å². The zero-order valence-corrected chi connectivity index (χ0v) is 9.63. The number of rotatable bonds is 6. The van der Waals surface area contributed by atoms with Gasteiger partial charge in [0.05, 0.1) is 6.10 Å². The van der Waals surface area contributed by atoms with Gasteiger partial charge in [-0.25, -0.2) is 0 Å². The lowest BCUT2D eigenvalue weighted by Crippen LogP contribution is -2.34. The van der Waals surface area contributed by atoms with Gasteiger partial charge in [0.15, 0.2) is 0 Å². The smallest absolute Gasteiger partial charge is 0.0664 e. The molecule has 1 rings (SSSR count). The van der Waals surface area contributed by atoms with Crippen molar-refractivity contribution in [2.75, 3.05) is 6.54 Å². The summed E-state index contributed by atoms with van der Waals surface area (Å²) in [6.07, 6.45) is 7.17. The van der Waals surface area contributed by atoms with Crippen LogP contribution in [0.15, 0.2) is 0 Å². The van der Waals surface area contributed by atoms with E-state index in [4.69, 9.17) is 0 Å². The Morgan fingerprint density at radius 2 is 2.14 bits per heavy atom. The lowest BCUT2D eigenvalue weighted by Gasteiger charge is -2.16. The molecule has 1 saturated carbocycles. The van der Waals surface area contributed by atoms with Crippen molar-refractivity contribution in [3.8, 4) is 0 Å². The first kappa shape index (κ1) is 12.0. The van der Waals surface area contributed by atoms with Gasteiger partial charge in [0.2, 0.25) is 0 Å². The molecule has 2 N–H and O–H groups in total. The second-order valence-corrected chi connectivity index (χ2v) is 4.63. The molecule has 0 saturated heterocycles. The highest BCUT2D eigenvalue weighted by Crippen LogP contribution is 2.27. The van der Waals surface area contributed by atoms with Gasteiger partial charge >= 0.3 is 0 Å². The van der Waals surface area contributed by atoms with Crippen molar-refractivity contribution in [1.82, 2.24) is 5.32 Å². The molecule has 2 heteroatoms. The summed E-state index contributed by atoms with van der Waals surface area (Å²) in [5, 5.41) is 13.1. The summed E-state index contributed by atoms with van der Waals surface area (Å²) in [7, 11) is 0. The van der Waals surface area contributed by atoms with Crippen molar-refractivity contribution >= 4 is 0 Å². The monoisotopic (exact) mass is 199 g/mol. The molecule has 1 aliphatic rings. The van der Waals surface area contributed by atoms with Crippen molar-refractivity contribution in [3.63, 3.8) is 0 Å². The molecule has 3 atom stereocenters. The molecule has 0 heterocycles. The van der Waals surface area contributed by atoms with Gasteiger partial charge in [-0.05, 0) is 31.6 Å². The summed E-state index contributed by atoms with van der Waals surface area (Å²) in [6, 6.07) is 0.673. The highest BCUT2D eigenvalue weighted by Gasteiger charge is 2.22. The summed E-state index contributed by atoms with van der Waals surface area (Å²) in [4.78, 5) is 0. The molecule has 0 aromatic heterocycles. The third-order valence-electron chi connectivity index (χ3n) is 3.38. The molecular weight excluding hydrogens is 174 g/mol. The topological polar surface area (TPSA) is 32.3 Å². The van der Waals surface area contributed by atoms with Crippen LogP contribution in [0.25, 0.3) is 0 Å². The molecular formula is C12H25NO. The average molecular weight is 199 g/mol. The molecule has 0 aromatic rings. The number of nitrogens with one attached hydrogen (secondary N) is 1. The van der Waals surface area contributed by atoms with Crippen molar-refractivity contribution in [2.24, 2.45) is 5.92 Å². The lowest BCUT2D eigenvalue weighted by molar-refractivity contribution is 0.156. The molecule has 0 spiro atoms. The van der Waals surface area contributed by atoms with Gasteiger partial charge in [0.1, 0.15) is 0 Å². The summed E-state index contributed by atoms with van der Waals surface area (Å²) < 4.78 is 0. The van der Waals surface area contributed by atoms with E-state index >= 15 is 0 Å². The van der Waals surface area contributed by atoms with Gasteiger partial charge in [0, 0.05) is 12.6 Å². The van der Waals surface area contributed by atoms with Gasteiger partial charge in [-0.2, -0.15) is 0 Å². The van der Waals surface area contributed by atoms with Crippen LogP contribution in [-0.4, -0.2) is 23.8 Å². The van der Waals surface area contributed by atoms with Crippen molar-refractivity contribution in [1.29, 1.82) is 0 Å². The normalized spacial score (nSPS) is 29.4. The van der Waals surface area contributed by atoms with Crippen LogP contribution in [0.1, 0.15) is 52.4 Å². The molecule has 1 aliphatic carbocycles. The first-order chi connectivity index (χ1) is 6.76. The summed E-state index contributed by atoms with van der Waals surface area (Å²) >= 11 is 0. The predicted octanol–water partition coefficient (Wildman–Crippen LogP) is 2.32. The number of aliphatic hydroxyl groups excluding tert-OH is 1. The van der Waals surface area contributed by atoms with Gasteiger partial charge in [0.25, 0.3) is 0 Å². The van der Waals surface area contributed by atoms with E-state index in [-0.39, 0.29) is 6.10 Å². The molecule has 1 fully saturated rings. The second-order valence-electron chi connectivity index (χ2n) is 4.63. The fourth-order valence-electron chi connectivity index (χ4n) is 2.37. The molecule has 0 aliphatic heterocycles.